The third-order valence-electron chi connectivity index (χ3n) is 4.26. The summed E-state index contributed by atoms with van der Waals surface area (Å²) in [6.07, 6.45) is -4.45. The van der Waals surface area contributed by atoms with Crippen molar-refractivity contribution in [2.24, 2.45) is 0 Å². The van der Waals surface area contributed by atoms with Gasteiger partial charge in [0.1, 0.15) is 17.2 Å². The van der Waals surface area contributed by atoms with Crippen LogP contribution in [0.15, 0.2) is 66.7 Å². The lowest BCUT2D eigenvalue weighted by Crippen LogP contribution is -2.16. The largest absolute Gasteiger partial charge is 0.416 e. The molecule has 3 aromatic carbocycles. The Morgan fingerprint density at radius 3 is 2.03 bits per heavy atom. The third-order valence-corrected chi connectivity index (χ3v) is 4.26. The zero-order chi connectivity index (χ0) is 21.2. The van der Waals surface area contributed by atoms with Crippen LogP contribution in [0, 0.1) is 11.6 Å². The Kier molecular flexibility index (Phi) is 5.54. The topological polar surface area (TPSA) is 32.3 Å². The predicted molar refractivity (Wildman–Crippen MR) is 100 cm³/mol. The molecule has 0 unspecified atom stereocenters. The maximum Gasteiger partial charge on any atom is 0.416 e. The van der Waals surface area contributed by atoms with E-state index in [9.17, 15) is 26.7 Å². The minimum absolute atomic E-state index is 0.277. The molecule has 3 aromatic rings. The summed E-state index contributed by atoms with van der Waals surface area (Å²) in [7, 11) is 1.60. The quantitative estimate of drug-likeness (QED) is 0.539. The molecule has 0 saturated carbocycles. The van der Waals surface area contributed by atoms with Gasteiger partial charge in [0.2, 0.25) is 0 Å². The summed E-state index contributed by atoms with van der Waals surface area (Å²) in [5.74, 6) is -2.91. The van der Waals surface area contributed by atoms with Crippen LogP contribution >= 0.6 is 0 Å². The molecule has 0 aliphatic carbocycles. The highest BCUT2D eigenvalue weighted by Crippen LogP contribution is 2.33. The molecule has 0 aromatic heterocycles. The number of anilines is 3. The highest BCUT2D eigenvalue weighted by Gasteiger charge is 2.30. The van der Waals surface area contributed by atoms with Crippen LogP contribution in [0.2, 0.25) is 0 Å². The fourth-order valence-electron chi connectivity index (χ4n) is 2.72. The number of nitrogens with zero attached hydrogens (tertiary/aromatic N) is 1. The first-order chi connectivity index (χ1) is 13.7. The lowest BCUT2D eigenvalue weighted by atomic mass is 10.1. The summed E-state index contributed by atoms with van der Waals surface area (Å²) in [5, 5.41) is 2.39. The van der Waals surface area contributed by atoms with Crippen molar-refractivity contribution >= 4 is 23.0 Å². The van der Waals surface area contributed by atoms with Crippen molar-refractivity contribution in [1.82, 2.24) is 0 Å². The van der Waals surface area contributed by atoms with E-state index in [-0.39, 0.29) is 5.69 Å². The third kappa shape index (κ3) is 4.53. The number of hydrogen-bond donors (Lipinski definition) is 1. The van der Waals surface area contributed by atoms with Gasteiger partial charge < -0.3 is 10.2 Å². The molecule has 0 saturated heterocycles. The van der Waals surface area contributed by atoms with E-state index in [0.29, 0.717) is 11.4 Å². The van der Waals surface area contributed by atoms with Crippen molar-refractivity contribution in [3.8, 4) is 0 Å². The van der Waals surface area contributed by atoms with Crippen LogP contribution in [0.4, 0.5) is 39.0 Å². The molecule has 0 aliphatic heterocycles. The second-order valence-corrected chi connectivity index (χ2v) is 6.20. The van der Waals surface area contributed by atoms with Gasteiger partial charge in [0.05, 0.1) is 5.56 Å². The average Bonchev–Trinajstić information content (AvgIpc) is 2.67. The minimum atomic E-state index is -4.45. The van der Waals surface area contributed by atoms with E-state index in [0.717, 1.165) is 30.3 Å². The molecule has 0 aliphatic rings. The van der Waals surface area contributed by atoms with Crippen LogP contribution in [0.25, 0.3) is 0 Å². The Morgan fingerprint density at radius 2 is 1.45 bits per heavy atom. The summed E-state index contributed by atoms with van der Waals surface area (Å²) in [5.41, 5.74) is -0.307. The Balaban J connectivity index is 1.77. The van der Waals surface area contributed by atoms with E-state index in [1.807, 2.05) is 0 Å². The SMILES string of the molecule is CN(c1ccc(NC(=O)c2c(F)cccc2F)cc1)c1cccc(C(F)(F)F)c1. The number of halogens is 5. The summed E-state index contributed by atoms with van der Waals surface area (Å²) in [6, 6.07) is 14.1. The summed E-state index contributed by atoms with van der Waals surface area (Å²) in [4.78, 5) is 13.7. The first kappa shape index (κ1) is 20.3. The van der Waals surface area contributed by atoms with Gasteiger partial charge in [0, 0.05) is 24.1 Å². The maximum atomic E-state index is 13.7. The van der Waals surface area contributed by atoms with Crippen LogP contribution in [-0.2, 0) is 6.18 Å². The second-order valence-electron chi connectivity index (χ2n) is 6.20. The van der Waals surface area contributed by atoms with Gasteiger partial charge in [0.25, 0.3) is 5.91 Å². The van der Waals surface area contributed by atoms with E-state index in [1.54, 1.807) is 19.2 Å². The average molecular weight is 406 g/mol. The molecule has 0 fully saturated rings. The van der Waals surface area contributed by atoms with Crippen molar-refractivity contribution in [2.45, 2.75) is 6.18 Å². The Bertz CT molecular complexity index is 1010. The van der Waals surface area contributed by atoms with E-state index in [2.05, 4.69) is 5.32 Å². The number of benzene rings is 3. The number of rotatable bonds is 4. The second kappa shape index (κ2) is 7.90. The standard InChI is InChI=1S/C21H15F5N2O/c1-28(16-5-2-4-13(12-16)21(24,25)26)15-10-8-14(9-11-15)27-20(29)19-17(22)6-3-7-18(19)23/h2-12H,1H3,(H,27,29). The molecule has 0 bridgehead atoms. The van der Waals surface area contributed by atoms with Crippen LogP contribution in [-0.4, -0.2) is 13.0 Å². The summed E-state index contributed by atoms with van der Waals surface area (Å²) in [6.45, 7) is 0. The van der Waals surface area contributed by atoms with E-state index in [1.165, 1.54) is 29.2 Å². The predicted octanol–water partition coefficient (Wildman–Crippen LogP) is 6.00. The molecule has 3 nitrogen and oxygen atoms in total. The van der Waals surface area contributed by atoms with E-state index < -0.39 is 34.8 Å². The molecule has 0 radical (unpaired) electrons. The van der Waals surface area contributed by atoms with Crippen LogP contribution in [0.5, 0.6) is 0 Å². The fraction of sp³-hybridized carbons (Fsp3) is 0.0952. The molecule has 1 amide bonds. The highest BCUT2D eigenvalue weighted by molar-refractivity contribution is 6.04. The molecular formula is C21H15F5N2O. The zero-order valence-corrected chi connectivity index (χ0v) is 15.1. The van der Waals surface area contributed by atoms with Gasteiger partial charge >= 0.3 is 6.18 Å². The molecule has 3 rings (SSSR count). The van der Waals surface area contributed by atoms with Crippen LogP contribution in [0.1, 0.15) is 15.9 Å². The monoisotopic (exact) mass is 406 g/mol. The van der Waals surface area contributed by atoms with E-state index >= 15 is 0 Å². The number of alkyl halides is 3. The van der Waals surface area contributed by atoms with Gasteiger partial charge in [-0.25, -0.2) is 8.78 Å². The number of amides is 1. The minimum Gasteiger partial charge on any atom is -0.345 e. The smallest absolute Gasteiger partial charge is 0.345 e. The van der Waals surface area contributed by atoms with Crippen molar-refractivity contribution in [1.29, 1.82) is 0 Å². The number of hydrogen-bond acceptors (Lipinski definition) is 2. The van der Waals surface area contributed by atoms with Crippen LogP contribution in [0.3, 0.4) is 0 Å². The Morgan fingerprint density at radius 1 is 0.862 bits per heavy atom. The molecular weight excluding hydrogens is 391 g/mol. The van der Waals surface area contributed by atoms with Gasteiger partial charge in [-0.3, -0.25) is 4.79 Å². The van der Waals surface area contributed by atoms with Gasteiger partial charge in [-0.05, 0) is 54.6 Å². The van der Waals surface area contributed by atoms with Crippen molar-refractivity contribution in [2.75, 3.05) is 17.3 Å². The molecule has 0 spiro atoms. The van der Waals surface area contributed by atoms with E-state index in [4.69, 9.17) is 0 Å². The fourth-order valence-corrected chi connectivity index (χ4v) is 2.72. The molecule has 0 atom stereocenters. The summed E-state index contributed by atoms with van der Waals surface area (Å²) >= 11 is 0. The van der Waals surface area contributed by atoms with Crippen LogP contribution < -0.4 is 10.2 Å². The summed E-state index contributed by atoms with van der Waals surface area (Å²) < 4.78 is 66.1. The van der Waals surface area contributed by atoms with Gasteiger partial charge in [-0.2, -0.15) is 13.2 Å². The number of nitrogens with one attached hydrogen (secondary N) is 1. The molecule has 1 N–H and O–H groups in total. The molecule has 8 heteroatoms. The number of carbonyl (C=O) groups excluding carboxylic acids is 1. The Hall–Kier alpha value is -3.42. The maximum absolute atomic E-state index is 13.7. The van der Waals surface area contributed by atoms with Gasteiger partial charge in [0.15, 0.2) is 0 Å². The molecule has 29 heavy (non-hydrogen) atoms. The van der Waals surface area contributed by atoms with Crippen molar-refractivity contribution < 1.29 is 26.7 Å². The van der Waals surface area contributed by atoms with Gasteiger partial charge in [-0.15, -0.1) is 0 Å². The first-order valence-corrected chi connectivity index (χ1v) is 8.43. The molecule has 0 heterocycles. The lowest BCUT2D eigenvalue weighted by molar-refractivity contribution is -0.137. The lowest BCUT2D eigenvalue weighted by Gasteiger charge is -2.21. The normalized spacial score (nSPS) is 11.2. The Labute approximate surface area is 163 Å². The number of carbonyl (C=O) groups is 1. The van der Waals surface area contributed by atoms with Crippen molar-refractivity contribution in [3.63, 3.8) is 0 Å². The molecule has 150 valence electrons. The first-order valence-electron chi connectivity index (χ1n) is 8.43. The highest BCUT2D eigenvalue weighted by atomic mass is 19.4. The van der Waals surface area contributed by atoms with Crippen molar-refractivity contribution in [3.05, 3.63) is 89.5 Å². The zero-order valence-electron chi connectivity index (χ0n) is 15.1. The van der Waals surface area contributed by atoms with Gasteiger partial charge in [-0.1, -0.05) is 12.1 Å².